The summed E-state index contributed by atoms with van der Waals surface area (Å²) in [5.41, 5.74) is 1.02. The Labute approximate surface area is 120 Å². The van der Waals surface area contributed by atoms with Gasteiger partial charge in [-0.2, -0.15) is 0 Å². The number of sulfonamides is 1. The van der Waals surface area contributed by atoms with Crippen LogP contribution in [0.2, 0.25) is 0 Å². The number of benzene rings is 1. The average molecular weight is 296 g/mol. The van der Waals surface area contributed by atoms with Gasteiger partial charge in [-0.3, -0.25) is 4.99 Å². The van der Waals surface area contributed by atoms with Crippen molar-refractivity contribution in [3.63, 3.8) is 0 Å². The van der Waals surface area contributed by atoms with Gasteiger partial charge in [0.15, 0.2) is 5.96 Å². The summed E-state index contributed by atoms with van der Waals surface area (Å²) in [4.78, 5) is 6.71. The third-order valence-electron chi connectivity index (χ3n) is 3.21. The number of hydrogen-bond donors (Lipinski definition) is 1. The van der Waals surface area contributed by atoms with Gasteiger partial charge in [0.25, 0.3) is 0 Å². The predicted molar refractivity (Wildman–Crippen MR) is 79.1 cm³/mol. The average Bonchev–Trinajstić information content (AvgIpc) is 2.82. The van der Waals surface area contributed by atoms with Gasteiger partial charge in [-0.1, -0.05) is 12.1 Å². The summed E-state index contributed by atoms with van der Waals surface area (Å²) in [6.07, 6.45) is 0. The lowest BCUT2D eigenvalue weighted by Gasteiger charge is -2.15. The van der Waals surface area contributed by atoms with E-state index in [1.165, 1.54) is 18.4 Å². The molecule has 0 spiro atoms. The van der Waals surface area contributed by atoms with Gasteiger partial charge in [0.05, 0.1) is 11.4 Å². The van der Waals surface area contributed by atoms with Crippen molar-refractivity contribution in [2.24, 2.45) is 4.99 Å². The van der Waals surface area contributed by atoms with Crippen molar-refractivity contribution in [2.75, 3.05) is 34.2 Å². The molecule has 0 radical (unpaired) electrons. The minimum atomic E-state index is -3.35. The molecule has 7 heteroatoms. The molecule has 0 atom stereocenters. The highest BCUT2D eigenvalue weighted by atomic mass is 32.2. The minimum absolute atomic E-state index is 0.307. The molecule has 110 valence electrons. The van der Waals surface area contributed by atoms with Gasteiger partial charge in [-0.05, 0) is 17.7 Å². The van der Waals surface area contributed by atoms with Crippen LogP contribution in [0.25, 0.3) is 0 Å². The molecular formula is C13H20N4O2S. The fraction of sp³-hybridized carbons (Fsp3) is 0.462. The van der Waals surface area contributed by atoms with E-state index in [0.717, 1.165) is 24.6 Å². The van der Waals surface area contributed by atoms with E-state index < -0.39 is 10.0 Å². The second kappa shape index (κ2) is 5.80. The number of guanidine groups is 1. The molecule has 1 aliphatic rings. The molecule has 1 N–H and O–H groups in total. The molecule has 0 aromatic heterocycles. The fourth-order valence-electron chi connectivity index (χ4n) is 1.89. The molecule has 1 aromatic rings. The van der Waals surface area contributed by atoms with Gasteiger partial charge in [0.1, 0.15) is 0 Å². The zero-order chi connectivity index (χ0) is 14.8. The van der Waals surface area contributed by atoms with Gasteiger partial charge >= 0.3 is 0 Å². The highest BCUT2D eigenvalue weighted by molar-refractivity contribution is 7.89. The predicted octanol–water partition coefficient (Wildman–Crippen LogP) is 0.328. The van der Waals surface area contributed by atoms with Crippen molar-refractivity contribution < 1.29 is 8.42 Å². The maximum absolute atomic E-state index is 11.9. The SMILES string of the molecule is CN1CCN=C1NCc1ccc(S(=O)(=O)N(C)C)cc1. The minimum Gasteiger partial charge on any atom is -0.352 e. The van der Waals surface area contributed by atoms with E-state index in [2.05, 4.69) is 15.2 Å². The Kier molecular flexibility index (Phi) is 4.29. The monoisotopic (exact) mass is 296 g/mol. The molecule has 6 nitrogen and oxygen atoms in total. The van der Waals surface area contributed by atoms with E-state index in [1.807, 2.05) is 19.2 Å². The largest absolute Gasteiger partial charge is 0.352 e. The van der Waals surface area contributed by atoms with E-state index in [1.54, 1.807) is 12.1 Å². The van der Waals surface area contributed by atoms with Crippen molar-refractivity contribution in [3.05, 3.63) is 29.8 Å². The van der Waals surface area contributed by atoms with Crippen molar-refractivity contribution in [1.29, 1.82) is 0 Å². The van der Waals surface area contributed by atoms with Crippen LogP contribution in [0.15, 0.2) is 34.2 Å². The van der Waals surface area contributed by atoms with Crippen LogP contribution in [0.5, 0.6) is 0 Å². The van der Waals surface area contributed by atoms with Gasteiger partial charge in [0, 0.05) is 34.2 Å². The Morgan fingerprint density at radius 3 is 2.45 bits per heavy atom. The number of nitrogens with zero attached hydrogens (tertiary/aromatic N) is 3. The summed E-state index contributed by atoms with van der Waals surface area (Å²) in [7, 11) is 1.69. The lowest BCUT2D eigenvalue weighted by Crippen LogP contribution is -2.35. The first-order valence-corrected chi connectivity index (χ1v) is 7.86. The summed E-state index contributed by atoms with van der Waals surface area (Å²) in [5, 5.41) is 3.24. The lowest BCUT2D eigenvalue weighted by molar-refractivity contribution is 0.520. The van der Waals surface area contributed by atoms with Crippen LogP contribution in [-0.2, 0) is 16.6 Å². The van der Waals surface area contributed by atoms with E-state index >= 15 is 0 Å². The molecule has 0 unspecified atom stereocenters. The Hall–Kier alpha value is -1.60. The second-order valence-corrected chi connectivity index (χ2v) is 7.06. The van der Waals surface area contributed by atoms with E-state index in [4.69, 9.17) is 0 Å². The standard InChI is InChI=1S/C13H20N4O2S/c1-16(2)20(18,19)12-6-4-11(5-7-12)10-15-13-14-8-9-17(13)3/h4-7H,8-10H2,1-3H3,(H,14,15). The Balaban J connectivity index is 2.02. The van der Waals surface area contributed by atoms with Crippen LogP contribution in [0.4, 0.5) is 0 Å². The number of rotatable bonds is 4. The fourth-order valence-corrected chi connectivity index (χ4v) is 2.80. The molecule has 2 rings (SSSR count). The molecule has 0 saturated carbocycles. The van der Waals surface area contributed by atoms with Gasteiger partial charge in [0.2, 0.25) is 10.0 Å². The van der Waals surface area contributed by atoms with Crippen LogP contribution < -0.4 is 5.32 Å². The molecule has 1 heterocycles. The first kappa shape index (κ1) is 14.8. The molecule has 0 amide bonds. The maximum atomic E-state index is 11.9. The highest BCUT2D eigenvalue weighted by Crippen LogP contribution is 2.14. The van der Waals surface area contributed by atoms with Gasteiger partial charge in [-0.25, -0.2) is 12.7 Å². The van der Waals surface area contributed by atoms with Crippen molar-refractivity contribution in [2.45, 2.75) is 11.4 Å². The number of likely N-dealkylation sites (N-methyl/N-ethyl adjacent to an activating group) is 1. The van der Waals surface area contributed by atoms with Gasteiger partial charge in [-0.15, -0.1) is 0 Å². The zero-order valence-corrected chi connectivity index (χ0v) is 12.8. The van der Waals surface area contributed by atoms with Crippen LogP contribution in [0, 0.1) is 0 Å². The van der Waals surface area contributed by atoms with Crippen molar-refractivity contribution >= 4 is 16.0 Å². The van der Waals surface area contributed by atoms with Gasteiger partial charge < -0.3 is 10.2 Å². The third kappa shape index (κ3) is 3.10. The summed E-state index contributed by atoms with van der Waals surface area (Å²) in [6, 6.07) is 6.90. The first-order chi connectivity index (χ1) is 9.41. The molecule has 1 aromatic carbocycles. The summed E-state index contributed by atoms with van der Waals surface area (Å²) >= 11 is 0. The molecule has 0 bridgehead atoms. The maximum Gasteiger partial charge on any atom is 0.242 e. The summed E-state index contributed by atoms with van der Waals surface area (Å²) in [5.74, 6) is 0.884. The van der Waals surface area contributed by atoms with E-state index in [9.17, 15) is 8.42 Å². The summed E-state index contributed by atoms with van der Waals surface area (Å²) < 4.78 is 25.1. The normalized spacial score (nSPS) is 15.6. The van der Waals surface area contributed by atoms with E-state index in [0.29, 0.717) is 11.4 Å². The van der Waals surface area contributed by atoms with Crippen molar-refractivity contribution in [3.8, 4) is 0 Å². The molecule has 20 heavy (non-hydrogen) atoms. The van der Waals surface area contributed by atoms with Crippen molar-refractivity contribution in [1.82, 2.24) is 14.5 Å². The van der Waals surface area contributed by atoms with Crippen LogP contribution in [-0.4, -0.2) is 57.8 Å². The molecule has 0 aliphatic carbocycles. The zero-order valence-electron chi connectivity index (χ0n) is 12.0. The molecule has 0 fully saturated rings. The van der Waals surface area contributed by atoms with Crippen LogP contribution >= 0.6 is 0 Å². The first-order valence-electron chi connectivity index (χ1n) is 6.42. The topological polar surface area (TPSA) is 65.0 Å². The van der Waals surface area contributed by atoms with Crippen LogP contribution in [0.3, 0.4) is 0 Å². The molecule has 1 aliphatic heterocycles. The van der Waals surface area contributed by atoms with Crippen LogP contribution in [0.1, 0.15) is 5.56 Å². The molecular weight excluding hydrogens is 276 g/mol. The quantitative estimate of drug-likeness (QED) is 0.869. The second-order valence-electron chi connectivity index (χ2n) is 4.91. The third-order valence-corrected chi connectivity index (χ3v) is 5.04. The number of nitrogens with one attached hydrogen (secondary N) is 1. The van der Waals surface area contributed by atoms with E-state index in [-0.39, 0.29) is 0 Å². The summed E-state index contributed by atoms with van der Waals surface area (Å²) in [6.45, 7) is 2.38. The lowest BCUT2D eigenvalue weighted by atomic mass is 10.2. The smallest absolute Gasteiger partial charge is 0.242 e. The Bertz CT molecular complexity index is 593. The number of hydrogen-bond acceptors (Lipinski definition) is 5. The highest BCUT2D eigenvalue weighted by Gasteiger charge is 2.16. The molecule has 0 saturated heterocycles. The number of aliphatic imine (C=N–C) groups is 1. The Morgan fingerprint density at radius 2 is 1.95 bits per heavy atom. The Morgan fingerprint density at radius 1 is 1.30 bits per heavy atom.